The van der Waals surface area contributed by atoms with Crippen molar-refractivity contribution >= 4 is 16.5 Å². The molecule has 0 spiro atoms. The van der Waals surface area contributed by atoms with Crippen LogP contribution in [0.4, 0.5) is 5.69 Å². The first kappa shape index (κ1) is 11.7. The number of aromatic nitrogens is 1. The summed E-state index contributed by atoms with van der Waals surface area (Å²) < 4.78 is 0. The van der Waals surface area contributed by atoms with Gasteiger partial charge in [-0.2, -0.15) is 0 Å². The van der Waals surface area contributed by atoms with Crippen LogP contribution < -0.4 is 5.32 Å². The Labute approximate surface area is 113 Å². The molecule has 0 atom stereocenters. The summed E-state index contributed by atoms with van der Waals surface area (Å²) in [5.41, 5.74) is 3.73. The lowest BCUT2D eigenvalue weighted by atomic mass is 10.1. The van der Waals surface area contributed by atoms with Gasteiger partial charge in [-0.15, -0.1) is 0 Å². The van der Waals surface area contributed by atoms with E-state index in [2.05, 4.69) is 59.7 Å². The van der Waals surface area contributed by atoms with Crippen molar-refractivity contribution in [1.29, 1.82) is 0 Å². The van der Waals surface area contributed by atoms with Gasteiger partial charge in [-0.25, -0.2) is 0 Å². The van der Waals surface area contributed by atoms with Crippen LogP contribution in [-0.4, -0.2) is 4.98 Å². The molecular weight excluding hydrogens is 232 g/mol. The lowest BCUT2D eigenvalue weighted by Crippen LogP contribution is -1.99. The summed E-state index contributed by atoms with van der Waals surface area (Å²) in [6.45, 7) is 2.94. The molecule has 2 nitrogen and oxygen atoms in total. The van der Waals surface area contributed by atoms with Crippen LogP contribution in [0, 0.1) is 6.92 Å². The zero-order valence-electron chi connectivity index (χ0n) is 10.9. The van der Waals surface area contributed by atoms with E-state index in [0.717, 1.165) is 17.6 Å². The highest BCUT2D eigenvalue weighted by molar-refractivity contribution is 5.93. The van der Waals surface area contributed by atoms with Crippen molar-refractivity contribution in [3.63, 3.8) is 0 Å². The number of nitrogens with zero attached hydrogens (tertiary/aromatic N) is 1. The van der Waals surface area contributed by atoms with Crippen LogP contribution in [0.3, 0.4) is 0 Å². The van der Waals surface area contributed by atoms with E-state index < -0.39 is 0 Å². The molecule has 0 aliphatic carbocycles. The summed E-state index contributed by atoms with van der Waals surface area (Å²) >= 11 is 0. The molecule has 2 aromatic carbocycles. The van der Waals surface area contributed by atoms with Gasteiger partial charge in [0.2, 0.25) is 0 Å². The van der Waals surface area contributed by atoms with Gasteiger partial charge < -0.3 is 5.32 Å². The van der Waals surface area contributed by atoms with Gasteiger partial charge >= 0.3 is 0 Å². The Morgan fingerprint density at radius 2 is 1.84 bits per heavy atom. The lowest BCUT2D eigenvalue weighted by Gasteiger charge is -2.09. The minimum Gasteiger partial charge on any atom is -0.380 e. The van der Waals surface area contributed by atoms with Crippen LogP contribution in [0.5, 0.6) is 0 Å². The molecule has 1 heterocycles. The maximum absolute atomic E-state index is 4.15. The fourth-order valence-corrected chi connectivity index (χ4v) is 2.18. The van der Waals surface area contributed by atoms with E-state index in [4.69, 9.17) is 0 Å². The topological polar surface area (TPSA) is 24.9 Å². The molecule has 0 saturated carbocycles. The fourth-order valence-electron chi connectivity index (χ4n) is 2.18. The Kier molecular flexibility index (Phi) is 3.15. The third kappa shape index (κ3) is 2.58. The van der Waals surface area contributed by atoms with Gasteiger partial charge in [0, 0.05) is 35.4 Å². The highest BCUT2D eigenvalue weighted by Gasteiger charge is 2.00. The van der Waals surface area contributed by atoms with Crippen molar-refractivity contribution in [2.24, 2.45) is 0 Å². The van der Waals surface area contributed by atoms with E-state index in [1.807, 2.05) is 18.5 Å². The average molecular weight is 248 g/mol. The van der Waals surface area contributed by atoms with E-state index in [1.54, 1.807) is 0 Å². The van der Waals surface area contributed by atoms with Gasteiger partial charge in [-0.1, -0.05) is 42.0 Å². The van der Waals surface area contributed by atoms with Gasteiger partial charge in [-0.05, 0) is 24.6 Å². The SMILES string of the molecule is Cc1ccc(CNc2cccc3cnccc23)cc1. The molecular formula is C17H16N2. The summed E-state index contributed by atoms with van der Waals surface area (Å²) in [5, 5.41) is 5.87. The molecule has 0 amide bonds. The van der Waals surface area contributed by atoms with Crippen LogP contribution >= 0.6 is 0 Å². The molecule has 0 bridgehead atoms. The number of benzene rings is 2. The molecule has 0 aliphatic rings. The molecule has 3 aromatic rings. The Morgan fingerprint density at radius 1 is 1.00 bits per heavy atom. The second-order valence-electron chi connectivity index (χ2n) is 4.74. The molecule has 1 aromatic heterocycles. The number of fused-ring (bicyclic) bond motifs is 1. The summed E-state index contributed by atoms with van der Waals surface area (Å²) in [5.74, 6) is 0. The van der Waals surface area contributed by atoms with Gasteiger partial charge in [0.15, 0.2) is 0 Å². The van der Waals surface area contributed by atoms with Crippen LogP contribution in [0.25, 0.3) is 10.8 Å². The van der Waals surface area contributed by atoms with Crippen LogP contribution in [0.2, 0.25) is 0 Å². The minimum atomic E-state index is 0.835. The normalized spacial score (nSPS) is 10.6. The van der Waals surface area contributed by atoms with Crippen molar-refractivity contribution in [2.75, 3.05) is 5.32 Å². The number of rotatable bonds is 3. The highest BCUT2D eigenvalue weighted by Crippen LogP contribution is 2.22. The maximum atomic E-state index is 4.15. The fraction of sp³-hybridized carbons (Fsp3) is 0.118. The number of pyridine rings is 1. The zero-order chi connectivity index (χ0) is 13.1. The monoisotopic (exact) mass is 248 g/mol. The number of aryl methyl sites for hydroxylation is 1. The van der Waals surface area contributed by atoms with E-state index in [1.165, 1.54) is 16.5 Å². The molecule has 0 unspecified atom stereocenters. The van der Waals surface area contributed by atoms with Crippen molar-refractivity contribution < 1.29 is 0 Å². The number of nitrogens with one attached hydrogen (secondary N) is 1. The molecule has 19 heavy (non-hydrogen) atoms. The molecule has 1 N–H and O–H groups in total. The Hall–Kier alpha value is -2.35. The number of anilines is 1. The van der Waals surface area contributed by atoms with Crippen LogP contribution in [0.15, 0.2) is 60.9 Å². The molecule has 94 valence electrons. The quantitative estimate of drug-likeness (QED) is 0.753. The predicted molar refractivity (Wildman–Crippen MR) is 80.2 cm³/mol. The molecule has 0 saturated heterocycles. The average Bonchev–Trinajstić information content (AvgIpc) is 2.47. The second kappa shape index (κ2) is 5.11. The summed E-state index contributed by atoms with van der Waals surface area (Å²) in [4.78, 5) is 4.15. The Balaban J connectivity index is 1.84. The van der Waals surface area contributed by atoms with E-state index >= 15 is 0 Å². The molecule has 0 fully saturated rings. The van der Waals surface area contributed by atoms with Crippen molar-refractivity contribution in [3.8, 4) is 0 Å². The maximum Gasteiger partial charge on any atom is 0.0423 e. The van der Waals surface area contributed by atoms with Crippen LogP contribution in [0.1, 0.15) is 11.1 Å². The molecule has 0 aliphatic heterocycles. The lowest BCUT2D eigenvalue weighted by molar-refractivity contribution is 1.15. The predicted octanol–water partition coefficient (Wildman–Crippen LogP) is 4.16. The standard InChI is InChI=1S/C17H16N2/c1-13-5-7-14(8-6-13)11-19-17-4-2-3-15-12-18-10-9-16(15)17/h2-10,12,19H,11H2,1H3. The van der Waals surface area contributed by atoms with E-state index in [9.17, 15) is 0 Å². The van der Waals surface area contributed by atoms with Gasteiger partial charge in [0.1, 0.15) is 0 Å². The largest absolute Gasteiger partial charge is 0.380 e. The number of hydrogen-bond acceptors (Lipinski definition) is 2. The first-order valence-corrected chi connectivity index (χ1v) is 6.45. The third-order valence-electron chi connectivity index (χ3n) is 3.28. The molecule has 0 radical (unpaired) electrons. The summed E-state index contributed by atoms with van der Waals surface area (Å²) in [6.07, 6.45) is 3.73. The van der Waals surface area contributed by atoms with Gasteiger partial charge in [0.05, 0.1) is 0 Å². The first-order chi connectivity index (χ1) is 9.33. The Morgan fingerprint density at radius 3 is 2.68 bits per heavy atom. The van der Waals surface area contributed by atoms with E-state index in [-0.39, 0.29) is 0 Å². The molecule has 3 rings (SSSR count). The summed E-state index contributed by atoms with van der Waals surface area (Å²) in [7, 11) is 0. The third-order valence-corrected chi connectivity index (χ3v) is 3.28. The van der Waals surface area contributed by atoms with Crippen LogP contribution in [-0.2, 0) is 6.54 Å². The Bertz CT molecular complexity index is 682. The zero-order valence-corrected chi connectivity index (χ0v) is 10.9. The van der Waals surface area contributed by atoms with Crippen molar-refractivity contribution in [3.05, 3.63) is 72.1 Å². The van der Waals surface area contributed by atoms with Gasteiger partial charge in [-0.3, -0.25) is 4.98 Å². The van der Waals surface area contributed by atoms with Crippen molar-refractivity contribution in [1.82, 2.24) is 4.98 Å². The molecule has 2 heteroatoms. The minimum absolute atomic E-state index is 0.835. The summed E-state index contributed by atoms with van der Waals surface area (Å²) in [6, 6.07) is 16.9. The highest BCUT2D eigenvalue weighted by atomic mass is 14.9. The van der Waals surface area contributed by atoms with E-state index in [0.29, 0.717) is 0 Å². The van der Waals surface area contributed by atoms with Gasteiger partial charge in [0.25, 0.3) is 0 Å². The smallest absolute Gasteiger partial charge is 0.0423 e. The number of hydrogen-bond donors (Lipinski definition) is 1. The second-order valence-corrected chi connectivity index (χ2v) is 4.74. The first-order valence-electron chi connectivity index (χ1n) is 6.45. The van der Waals surface area contributed by atoms with Crippen molar-refractivity contribution in [2.45, 2.75) is 13.5 Å².